The smallest absolute Gasteiger partial charge is 0.237 e. The van der Waals surface area contributed by atoms with Crippen molar-refractivity contribution < 1.29 is 4.79 Å². The highest BCUT2D eigenvalue weighted by molar-refractivity contribution is 6.30. The number of anilines is 1. The first-order valence-corrected chi connectivity index (χ1v) is 9.53. The van der Waals surface area contributed by atoms with Gasteiger partial charge < -0.3 is 5.32 Å². The van der Waals surface area contributed by atoms with E-state index >= 15 is 0 Å². The molecule has 3 nitrogen and oxygen atoms in total. The lowest BCUT2D eigenvalue weighted by Crippen LogP contribution is -2.47. The lowest BCUT2D eigenvalue weighted by Gasteiger charge is -2.43. The molecule has 1 amide bonds. The van der Waals surface area contributed by atoms with Crippen molar-refractivity contribution in [2.75, 3.05) is 18.5 Å². The van der Waals surface area contributed by atoms with Crippen LogP contribution in [0.4, 0.5) is 5.69 Å². The zero-order chi connectivity index (χ0) is 18.0. The van der Waals surface area contributed by atoms with Gasteiger partial charge in [0.1, 0.15) is 0 Å². The van der Waals surface area contributed by atoms with Crippen molar-refractivity contribution in [3.8, 4) is 0 Å². The first kappa shape index (κ1) is 18.5. The van der Waals surface area contributed by atoms with Gasteiger partial charge in [0.25, 0.3) is 0 Å². The third-order valence-electron chi connectivity index (χ3n) is 5.11. The van der Waals surface area contributed by atoms with Crippen LogP contribution in [0, 0.1) is 5.41 Å². The number of amides is 1. The van der Waals surface area contributed by atoms with Crippen molar-refractivity contribution >= 4 is 34.8 Å². The Balaban J connectivity index is 2.01. The number of nitrogens with zero attached hydrogens (tertiary/aromatic N) is 1. The Morgan fingerprint density at radius 3 is 2.60 bits per heavy atom. The summed E-state index contributed by atoms with van der Waals surface area (Å²) < 4.78 is 0. The fourth-order valence-electron chi connectivity index (χ4n) is 3.75. The molecule has 0 bridgehead atoms. The van der Waals surface area contributed by atoms with E-state index in [1.54, 1.807) is 0 Å². The van der Waals surface area contributed by atoms with Crippen molar-refractivity contribution in [2.24, 2.45) is 5.41 Å². The lowest BCUT2D eigenvalue weighted by molar-refractivity contribution is -0.128. The van der Waals surface area contributed by atoms with Gasteiger partial charge in [0.05, 0.1) is 5.41 Å². The van der Waals surface area contributed by atoms with Gasteiger partial charge in [0.2, 0.25) is 5.91 Å². The Labute approximate surface area is 159 Å². The van der Waals surface area contributed by atoms with Crippen LogP contribution in [0.25, 0.3) is 0 Å². The van der Waals surface area contributed by atoms with Gasteiger partial charge in [0, 0.05) is 21.4 Å². The summed E-state index contributed by atoms with van der Waals surface area (Å²) in [6.07, 6.45) is 6.21. The molecule has 1 unspecified atom stereocenters. The van der Waals surface area contributed by atoms with Crippen LogP contribution in [-0.2, 0) is 4.79 Å². The minimum Gasteiger partial charge on any atom is -0.320 e. The molecule has 0 saturated heterocycles. The van der Waals surface area contributed by atoms with Crippen LogP contribution in [0.15, 0.2) is 46.6 Å². The highest BCUT2D eigenvalue weighted by Gasteiger charge is 2.43. The SMILES string of the molecule is CNCCCC1(C)CC2=C(CCC(Cl)=C2)N(c2ccc(Cl)cc2)C1=O. The minimum atomic E-state index is -0.416. The van der Waals surface area contributed by atoms with Gasteiger partial charge in [-0.05, 0) is 81.6 Å². The molecule has 1 aliphatic carbocycles. The van der Waals surface area contributed by atoms with E-state index in [0.717, 1.165) is 55.1 Å². The van der Waals surface area contributed by atoms with Gasteiger partial charge in [-0.15, -0.1) is 0 Å². The summed E-state index contributed by atoms with van der Waals surface area (Å²) in [6.45, 7) is 2.99. The molecule has 1 heterocycles. The van der Waals surface area contributed by atoms with Crippen LogP contribution in [0.1, 0.15) is 39.0 Å². The van der Waals surface area contributed by atoms with Crippen LogP contribution >= 0.6 is 23.2 Å². The number of carbonyl (C=O) groups excluding carboxylic acids is 1. The van der Waals surface area contributed by atoms with E-state index in [2.05, 4.69) is 18.3 Å². The predicted octanol–water partition coefficient (Wildman–Crippen LogP) is 5.25. The van der Waals surface area contributed by atoms with Crippen LogP contribution in [-0.4, -0.2) is 19.5 Å². The monoisotopic (exact) mass is 378 g/mol. The maximum atomic E-state index is 13.4. The fourth-order valence-corrected chi connectivity index (χ4v) is 4.11. The molecule has 0 spiro atoms. The van der Waals surface area contributed by atoms with Crippen LogP contribution in [0.5, 0.6) is 0 Å². The summed E-state index contributed by atoms with van der Waals surface area (Å²) in [4.78, 5) is 15.3. The van der Waals surface area contributed by atoms with Gasteiger partial charge >= 0.3 is 0 Å². The molecule has 1 atom stereocenters. The molecular weight excluding hydrogens is 355 g/mol. The van der Waals surface area contributed by atoms with Crippen molar-refractivity contribution in [1.29, 1.82) is 0 Å². The standard InChI is InChI=1S/C20H24Cl2N2O/c1-20(10-3-11-23-2)13-14-12-16(22)6-9-18(14)24(19(20)25)17-7-4-15(21)5-8-17/h4-5,7-8,12,23H,3,6,9-11,13H2,1-2H3. The second-order valence-electron chi connectivity index (χ2n) is 7.12. The maximum Gasteiger partial charge on any atom is 0.237 e. The highest BCUT2D eigenvalue weighted by Crippen LogP contribution is 2.46. The van der Waals surface area contributed by atoms with Gasteiger partial charge in [-0.2, -0.15) is 0 Å². The van der Waals surface area contributed by atoms with Gasteiger partial charge in [0.15, 0.2) is 0 Å². The number of halogens is 2. The number of allylic oxidation sites excluding steroid dienone is 4. The number of nitrogens with one attached hydrogen (secondary N) is 1. The van der Waals surface area contributed by atoms with Crippen molar-refractivity contribution in [1.82, 2.24) is 5.32 Å². The number of carbonyl (C=O) groups is 1. The second kappa shape index (κ2) is 7.53. The summed E-state index contributed by atoms with van der Waals surface area (Å²) in [7, 11) is 1.94. The molecule has 2 aliphatic rings. The molecule has 1 aliphatic heterocycles. The topological polar surface area (TPSA) is 32.3 Å². The Kier molecular flexibility index (Phi) is 5.57. The normalized spacial score (nSPS) is 23.6. The number of benzene rings is 1. The molecule has 3 rings (SSSR count). The van der Waals surface area contributed by atoms with Gasteiger partial charge in [-0.25, -0.2) is 0 Å². The molecule has 0 fully saturated rings. The van der Waals surface area contributed by atoms with Crippen molar-refractivity contribution in [3.05, 3.63) is 51.7 Å². The Bertz CT molecular complexity index is 724. The Morgan fingerprint density at radius 2 is 1.92 bits per heavy atom. The average molecular weight is 379 g/mol. The van der Waals surface area contributed by atoms with Crippen molar-refractivity contribution in [3.63, 3.8) is 0 Å². The lowest BCUT2D eigenvalue weighted by atomic mass is 9.73. The third kappa shape index (κ3) is 3.79. The number of hydrogen-bond donors (Lipinski definition) is 1. The minimum absolute atomic E-state index is 0.177. The van der Waals surface area contributed by atoms with E-state index < -0.39 is 5.41 Å². The molecule has 25 heavy (non-hydrogen) atoms. The van der Waals surface area contributed by atoms with E-state index in [0.29, 0.717) is 5.02 Å². The van der Waals surface area contributed by atoms with E-state index in [9.17, 15) is 4.79 Å². The molecule has 1 N–H and O–H groups in total. The number of rotatable bonds is 5. The number of hydrogen-bond acceptors (Lipinski definition) is 2. The quantitative estimate of drug-likeness (QED) is 0.709. The predicted molar refractivity (Wildman–Crippen MR) is 105 cm³/mol. The first-order valence-electron chi connectivity index (χ1n) is 8.77. The van der Waals surface area contributed by atoms with E-state index in [4.69, 9.17) is 23.2 Å². The van der Waals surface area contributed by atoms with Crippen LogP contribution < -0.4 is 10.2 Å². The van der Waals surface area contributed by atoms with E-state index in [-0.39, 0.29) is 5.91 Å². The Morgan fingerprint density at radius 1 is 1.20 bits per heavy atom. The highest BCUT2D eigenvalue weighted by atomic mass is 35.5. The zero-order valence-corrected chi connectivity index (χ0v) is 16.3. The molecular formula is C20H24Cl2N2O. The maximum absolute atomic E-state index is 13.4. The summed E-state index contributed by atoms with van der Waals surface area (Å²) in [5, 5.41) is 4.72. The largest absolute Gasteiger partial charge is 0.320 e. The molecule has 5 heteroatoms. The fraction of sp³-hybridized carbons (Fsp3) is 0.450. The molecule has 134 valence electrons. The summed E-state index contributed by atoms with van der Waals surface area (Å²) in [5.41, 5.74) is 2.74. The van der Waals surface area contributed by atoms with Gasteiger partial charge in [-0.1, -0.05) is 30.1 Å². The summed E-state index contributed by atoms with van der Waals surface area (Å²) in [5.74, 6) is 0.177. The van der Waals surface area contributed by atoms with Crippen molar-refractivity contribution in [2.45, 2.75) is 39.0 Å². The molecule has 0 radical (unpaired) electrons. The van der Waals surface area contributed by atoms with E-state index in [1.807, 2.05) is 36.2 Å². The summed E-state index contributed by atoms with van der Waals surface area (Å²) in [6, 6.07) is 7.51. The van der Waals surface area contributed by atoms with Crippen LogP contribution in [0.3, 0.4) is 0 Å². The third-order valence-corrected chi connectivity index (χ3v) is 5.66. The average Bonchev–Trinajstić information content (AvgIpc) is 2.58. The zero-order valence-electron chi connectivity index (χ0n) is 14.7. The summed E-state index contributed by atoms with van der Waals surface area (Å²) >= 11 is 12.3. The molecule has 0 saturated carbocycles. The van der Waals surface area contributed by atoms with Gasteiger partial charge in [-0.3, -0.25) is 9.69 Å². The van der Waals surface area contributed by atoms with E-state index in [1.165, 1.54) is 5.57 Å². The first-order chi connectivity index (χ1) is 11.9. The Hall–Kier alpha value is -1.29. The van der Waals surface area contributed by atoms with Crippen LogP contribution in [0.2, 0.25) is 5.02 Å². The molecule has 1 aromatic carbocycles. The molecule has 0 aromatic heterocycles. The molecule has 1 aromatic rings. The second-order valence-corrected chi connectivity index (χ2v) is 8.05.